The number of carbonyl (C=O) groups is 3. The number of aliphatic carboxylic acids is 1. The molecule has 0 aromatic rings. The van der Waals surface area contributed by atoms with E-state index in [4.69, 9.17) is 0 Å². The van der Waals surface area contributed by atoms with Gasteiger partial charge in [0, 0.05) is 13.6 Å². The molecular weight excluding hydrogens is 274 g/mol. The lowest BCUT2D eigenvalue weighted by atomic mass is 9.97. The molecule has 0 aromatic heterocycles. The van der Waals surface area contributed by atoms with Gasteiger partial charge in [0.2, 0.25) is 5.91 Å². The largest absolute Gasteiger partial charge is 0.480 e. The van der Waals surface area contributed by atoms with Gasteiger partial charge in [-0.1, -0.05) is 12.8 Å². The summed E-state index contributed by atoms with van der Waals surface area (Å²) in [5, 5.41) is 14.7. The molecule has 1 aliphatic carbocycles. The number of hydrogen-bond donors (Lipinski definition) is 3. The molecule has 0 bridgehead atoms. The van der Waals surface area contributed by atoms with Gasteiger partial charge in [0.1, 0.15) is 11.6 Å². The van der Waals surface area contributed by atoms with Crippen molar-refractivity contribution in [1.82, 2.24) is 15.5 Å². The normalized spacial score (nSPS) is 24.4. The van der Waals surface area contributed by atoms with Crippen molar-refractivity contribution in [2.75, 3.05) is 13.6 Å². The standard InChI is InChI=1S/C14H23N3O4/c1-15-11(18)10-6-2-5-9-17(10)13(21)16-14(12(19)20)7-3-4-8-14/h10H,2-9H2,1H3,(H,15,18)(H,16,21)(H,19,20). The molecule has 1 aliphatic heterocycles. The predicted octanol–water partition coefficient (Wildman–Crippen LogP) is 0.694. The molecule has 2 aliphatic rings. The van der Waals surface area contributed by atoms with Crippen molar-refractivity contribution in [3.63, 3.8) is 0 Å². The molecule has 2 rings (SSSR count). The average molecular weight is 297 g/mol. The van der Waals surface area contributed by atoms with Gasteiger partial charge in [-0.15, -0.1) is 0 Å². The van der Waals surface area contributed by atoms with Gasteiger partial charge >= 0.3 is 12.0 Å². The van der Waals surface area contributed by atoms with Crippen molar-refractivity contribution in [3.05, 3.63) is 0 Å². The molecule has 1 heterocycles. The second-order valence-electron chi connectivity index (χ2n) is 5.84. The SMILES string of the molecule is CNC(=O)C1CCCCN1C(=O)NC1(C(=O)O)CCCC1. The number of carboxylic acids is 1. The lowest BCUT2D eigenvalue weighted by Crippen LogP contribution is -2.60. The van der Waals surface area contributed by atoms with E-state index in [1.807, 2.05) is 0 Å². The van der Waals surface area contributed by atoms with Crippen molar-refractivity contribution in [1.29, 1.82) is 0 Å². The lowest BCUT2D eigenvalue weighted by molar-refractivity contribution is -0.144. The van der Waals surface area contributed by atoms with E-state index in [2.05, 4.69) is 10.6 Å². The zero-order valence-corrected chi connectivity index (χ0v) is 12.4. The van der Waals surface area contributed by atoms with Gasteiger partial charge in [0.15, 0.2) is 0 Å². The highest BCUT2D eigenvalue weighted by Crippen LogP contribution is 2.30. The monoisotopic (exact) mass is 297 g/mol. The third-order valence-corrected chi connectivity index (χ3v) is 4.53. The van der Waals surface area contributed by atoms with Crippen LogP contribution in [0.4, 0.5) is 4.79 Å². The topological polar surface area (TPSA) is 98.7 Å². The summed E-state index contributed by atoms with van der Waals surface area (Å²) in [6, 6.07) is -0.941. The second kappa shape index (κ2) is 6.32. The number of urea groups is 1. The number of piperidine rings is 1. The maximum Gasteiger partial charge on any atom is 0.329 e. The Morgan fingerprint density at radius 1 is 1.14 bits per heavy atom. The maximum absolute atomic E-state index is 12.5. The van der Waals surface area contributed by atoms with E-state index in [-0.39, 0.29) is 5.91 Å². The van der Waals surface area contributed by atoms with Crippen molar-refractivity contribution in [2.24, 2.45) is 0 Å². The fourth-order valence-electron chi connectivity index (χ4n) is 3.26. The van der Waals surface area contributed by atoms with Gasteiger partial charge in [-0.3, -0.25) is 4.79 Å². The molecule has 3 N–H and O–H groups in total. The van der Waals surface area contributed by atoms with Crippen LogP contribution in [-0.2, 0) is 9.59 Å². The lowest BCUT2D eigenvalue weighted by Gasteiger charge is -2.37. The Bertz CT molecular complexity index is 432. The molecule has 21 heavy (non-hydrogen) atoms. The highest BCUT2D eigenvalue weighted by atomic mass is 16.4. The molecule has 1 atom stereocenters. The molecule has 0 spiro atoms. The third kappa shape index (κ3) is 3.11. The first kappa shape index (κ1) is 15.6. The number of nitrogens with zero attached hydrogens (tertiary/aromatic N) is 1. The number of hydrogen-bond acceptors (Lipinski definition) is 3. The fraction of sp³-hybridized carbons (Fsp3) is 0.786. The van der Waals surface area contributed by atoms with Crippen molar-refractivity contribution >= 4 is 17.9 Å². The zero-order chi connectivity index (χ0) is 15.5. The zero-order valence-electron chi connectivity index (χ0n) is 12.4. The van der Waals surface area contributed by atoms with Gasteiger partial charge in [-0.25, -0.2) is 9.59 Å². The molecule has 7 heteroatoms. The summed E-state index contributed by atoms with van der Waals surface area (Å²) in [4.78, 5) is 37.3. The first-order valence-corrected chi connectivity index (χ1v) is 7.54. The Hall–Kier alpha value is -1.79. The molecular formula is C14H23N3O4. The number of rotatable bonds is 3. The summed E-state index contributed by atoms with van der Waals surface area (Å²) in [5.74, 6) is -1.18. The molecule has 0 radical (unpaired) electrons. The van der Waals surface area contributed by atoms with Crippen LogP contribution in [0.3, 0.4) is 0 Å². The first-order chi connectivity index (χ1) is 10.00. The highest BCUT2D eigenvalue weighted by molar-refractivity contribution is 5.90. The minimum Gasteiger partial charge on any atom is -0.480 e. The average Bonchev–Trinajstić information content (AvgIpc) is 2.96. The van der Waals surface area contributed by atoms with Crippen LogP contribution in [0.25, 0.3) is 0 Å². The summed E-state index contributed by atoms with van der Waals surface area (Å²) in [6.45, 7) is 0.486. The van der Waals surface area contributed by atoms with Gasteiger partial charge < -0.3 is 20.6 Å². The number of carboxylic acid groups (broad SMARTS) is 1. The Balaban J connectivity index is 2.10. The Kier molecular flexibility index (Phi) is 4.69. The van der Waals surface area contributed by atoms with Crippen LogP contribution in [-0.4, -0.2) is 53.1 Å². The van der Waals surface area contributed by atoms with Crippen molar-refractivity contribution in [3.8, 4) is 0 Å². The molecule has 1 saturated carbocycles. The molecule has 118 valence electrons. The summed E-state index contributed by atoms with van der Waals surface area (Å²) < 4.78 is 0. The Labute approximate surface area is 124 Å². The molecule has 0 aromatic carbocycles. The van der Waals surface area contributed by atoms with Crippen molar-refractivity contribution in [2.45, 2.75) is 56.5 Å². The van der Waals surface area contributed by atoms with E-state index >= 15 is 0 Å². The number of amides is 3. The maximum atomic E-state index is 12.5. The van der Waals surface area contributed by atoms with E-state index in [1.54, 1.807) is 7.05 Å². The quantitative estimate of drug-likeness (QED) is 0.714. The Morgan fingerprint density at radius 2 is 1.81 bits per heavy atom. The van der Waals surface area contributed by atoms with E-state index in [9.17, 15) is 19.5 Å². The van der Waals surface area contributed by atoms with Gasteiger partial charge in [-0.05, 0) is 32.1 Å². The van der Waals surface area contributed by atoms with Gasteiger partial charge in [0.05, 0.1) is 0 Å². The van der Waals surface area contributed by atoms with Gasteiger partial charge in [0.25, 0.3) is 0 Å². The number of nitrogens with one attached hydrogen (secondary N) is 2. The van der Waals surface area contributed by atoms with E-state index < -0.39 is 23.6 Å². The third-order valence-electron chi connectivity index (χ3n) is 4.53. The minimum absolute atomic E-state index is 0.194. The number of likely N-dealkylation sites (tertiary alicyclic amines) is 1. The van der Waals surface area contributed by atoms with E-state index in [0.29, 0.717) is 25.8 Å². The smallest absolute Gasteiger partial charge is 0.329 e. The van der Waals surface area contributed by atoms with Crippen LogP contribution < -0.4 is 10.6 Å². The van der Waals surface area contributed by atoms with Crippen LogP contribution in [0.15, 0.2) is 0 Å². The van der Waals surface area contributed by atoms with Gasteiger partial charge in [-0.2, -0.15) is 0 Å². The molecule has 1 unspecified atom stereocenters. The fourth-order valence-corrected chi connectivity index (χ4v) is 3.26. The molecule has 2 fully saturated rings. The van der Waals surface area contributed by atoms with Crippen LogP contribution >= 0.6 is 0 Å². The summed E-state index contributed by atoms with van der Waals surface area (Å²) in [6.07, 6.45) is 4.84. The van der Waals surface area contributed by atoms with Crippen LogP contribution in [0.5, 0.6) is 0 Å². The highest BCUT2D eigenvalue weighted by Gasteiger charge is 2.44. The minimum atomic E-state index is -1.16. The molecule has 1 saturated heterocycles. The number of likely N-dealkylation sites (N-methyl/N-ethyl adjacent to an activating group) is 1. The second-order valence-corrected chi connectivity index (χ2v) is 5.84. The van der Waals surface area contributed by atoms with E-state index in [0.717, 1.165) is 25.7 Å². The summed E-state index contributed by atoms with van der Waals surface area (Å²) >= 11 is 0. The summed E-state index contributed by atoms with van der Waals surface area (Å²) in [7, 11) is 1.54. The predicted molar refractivity (Wildman–Crippen MR) is 75.8 cm³/mol. The van der Waals surface area contributed by atoms with Crippen molar-refractivity contribution < 1.29 is 19.5 Å². The van der Waals surface area contributed by atoms with Crippen LogP contribution in [0, 0.1) is 0 Å². The van der Waals surface area contributed by atoms with E-state index in [1.165, 1.54) is 4.90 Å². The summed E-state index contributed by atoms with van der Waals surface area (Å²) in [5.41, 5.74) is -1.16. The number of carbonyl (C=O) groups excluding carboxylic acids is 2. The van der Waals surface area contributed by atoms with Crippen LogP contribution in [0.2, 0.25) is 0 Å². The van der Waals surface area contributed by atoms with Crippen LogP contribution in [0.1, 0.15) is 44.9 Å². The molecule has 7 nitrogen and oxygen atoms in total. The first-order valence-electron chi connectivity index (χ1n) is 7.54. The molecule has 3 amide bonds. The Morgan fingerprint density at radius 3 is 2.38 bits per heavy atom.